The van der Waals surface area contributed by atoms with Gasteiger partial charge in [0.25, 0.3) is 0 Å². The molecule has 3 unspecified atom stereocenters. The second-order valence-corrected chi connectivity index (χ2v) is 5.97. The molecule has 3 atom stereocenters. The van der Waals surface area contributed by atoms with Crippen LogP contribution in [0.2, 0.25) is 0 Å². The molecule has 1 amide bonds. The second kappa shape index (κ2) is 5.69. The minimum atomic E-state index is -0.889. The molecule has 104 valence electrons. The van der Waals surface area contributed by atoms with E-state index in [2.05, 4.69) is 5.32 Å². The third-order valence-electron chi connectivity index (χ3n) is 3.65. The Kier molecular flexibility index (Phi) is 4.73. The second-order valence-electron chi connectivity index (χ2n) is 5.97. The highest BCUT2D eigenvalue weighted by atomic mass is 16.4. The highest BCUT2D eigenvalue weighted by Crippen LogP contribution is 2.36. The maximum Gasteiger partial charge on any atom is 0.307 e. The van der Waals surface area contributed by atoms with Crippen molar-refractivity contribution in [3.8, 4) is 0 Å². The van der Waals surface area contributed by atoms with Crippen LogP contribution in [0.5, 0.6) is 0 Å². The van der Waals surface area contributed by atoms with Gasteiger partial charge in [0.05, 0.1) is 11.8 Å². The molecule has 0 spiro atoms. The number of aliphatic carboxylic acids is 1. The molecular formula is C13H23NO4. The van der Waals surface area contributed by atoms with Gasteiger partial charge in [-0.15, -0.1) is 0 Å². The van der Waals surface area contributed by atoms with Crippen LogP contribution in [0.1, 0.15) is 40.0 Å². The summed E-state index contributed by atoms with van der Waals surface area (Å²) >= 11 is 0. The van der Waals surface area contributed by atoms with E-state index in [9.17, 15) is 9.59 Å². The van der Waals surface area contributed by atoms with E-state index in [4.69, 9.17) is 10.2 Å². The van der Waals surface area contributed by atoms with Crippen LogP contribution in [0.25, 0.3) is 0 Å². The van der Waals surface area contributed by atoms with Crippen LogP contribution in [-0.4, -0.2) is 34.2 Å². The molecule has 0 bridgehead atoms. The summed E-state index contributed by atoms with van der Waals surface area (Å²) in [6, 6.07) is 0. The van der Waals surface area contributed by atoms with Crippen molar-refractivity contribution >= 4 is 11.9 Å². The Morgan fingerprint density at radius 3 is 2.33 bits per heavy atom. The normalized spacial score (nSPS) is 28.1. The molecule has 0 aromatic heterocycles. The molecule has 1 aliphatic rings. The van der Waals surface area contributed by atoms with Crippen LogP contribution < -0.4 is 5.32 Å². The molecule has 0 aliphatic heterocycles. The first kappa shape index (κ1) is 15.0. The Hall–Kier alpha value is -1.10. The molecule has 1 aliphatic carbocycles. The molecule has 0 heterocycles. The van der Waals surface area contributed by atoms with E-state index in [1.165, 1.54) is 0 Å². The molecule has 0 radical (unpaired) electrons. The lowest BCUT2D eigenvalue weighted by molar-refractivity contribution is -0.146. The number of carboxylic acid groups (broad SMARTS) is 1. The van der Waals surface area contributed by atoms with Gasteiger partial charge < -0.3 is 15.5 Å². The highest BCUT2D eigenvalue weighted by molar-refractivity contribution is 5.85. The summed E-state index contributed by atoms with van der Waals surface area (Å²) < 4.78 is 0. The maximum absolute atomic E-state index is 12.1. The summed E-state index contributed by atoms with van der Waals surface area (Å²) in [4.78, 5) is 23.3. The SMILES string of the molecule is CC1CC(C(=O)O)C(C(=O)NC(C)(C)CCO)C1. The van der Waals surface area contributed by atoms with E-state index in [-0.39, 0.29) is 18.4 Å². The Morgan fingerprint density at radius 1 is 1.28 bits per heavy atom. The number of aliphatic hydroxyl groups is 1. The zero-order valence-electron chi connectivity index (χ0n) is 11.3. The molecule has 1 saturated carbocycles. The average molecular weight is 257 g/mol. The maximum atomic E-state index is 12.1. The largest absolute Gasteiger partial charge is 0.481 e. The number of carbonyl (C=O) groups is 2. The van der Waals surface area contributed by atoms with Gasteiger partial charge in [0.2, 0.25) is 5.91 Å². The molecule has 1 fully saturated rings. The molecule has 5 heteroatoms. The van der Waals surface area contributed by atoms with Crippen LogP contribution in [0.3, 0.4) is 0 Å². The van der Waals surface area contributed by atoms with Gasteiger partial charge in [-0.2, -0.15) is 0 Å². The summed E-state index contributed by atoms with van der Waals surface area (Å²) in [5, 5.41) is 20.9. The summed E-state index contributed by atoms with van der Waals surface area (Å²) in [7, 11) is 0. The number of rotatable bonds is 5. The van der Waals surface area contributed by atoms with Gasteiger partial charge in [-0.3, -0.25) is 9.59 Å². The van der Waals surface area contributed by atoms with Crippen molar-refractivity contribution in [2.24, 2.45) is 17.8 Å². The van der Waals surface area contributed by atoms with Crippen LogP contribution in [0.15, 0.2) is 0 Å². The summed E-state index contributed by atoms with van der Waals surface area (Å²) in [5.74, 6) is -1.85. The van der Waals surface area contributed by atoms with E-state index in [0.717, 1.165) is 0 Å². The number of amides is 1. The Morgan fingerprint density at radius 2 is 1.83 bits per heavy atom. The molecule has 5 nitrogen and oxygen atoms in total. The van der Waals surface area contributed by atoms with Crippen molar-refractivity contribution in [3.63, 3.8) is 0 Å². The van der Waals surface area contributed by atoms with Crippen molar-refractivity contribution < 1.29 is 19.8 Å². The number of carboxylic acids is 1. The standard InChI is InChI=1S/C13H23NO4/c1-8-6-9(10(7-8)12(17)18)11(16)14-13(2,3)4-5-15/h8-10,15H,4-7H2,1-3H3,(H,14,16)(H,17,18). The van der Waals surface area contributed by atoms with Crippen LogP contribution in [0, 0.1) is 17.8 Å². The number of nitrogens with one attached hydrogen (secondary N) is 1. The quantitative estimate of drug-likeness (QED) is 0.686. The molecular weight excluding hydrogens is 234 g/mol. The molecule has 1 rings (SSSR count). The van der Waals surface area contributed by atoms with E-state index < -0.39 is 23.3 Å². The fourth-order valence-electron chi connectivity index (χ4n) is 2.62. The predicted octanol–water partition coefficient (Wildman–Crippen LogP) is 1.01. The first-order valence-corrected chi connectivity index (χ1v) is 6.42. The van der Waals surface area contributed by atoms with Gasteiger partial charge in [-0.25, -0.2) is 0 Å². The third kappa shape index (κ3) is 3.70. The zero-order chi connectivity index (χ0) is 13.9. The Balaban J connectivity index is 2.68. The topological polar surface area (TPSA) is 86.6 Å². The van der Waals surface area contributed by atoms with Crippen molar-refractivity contribution in [3.05, 3.63) is 0 Å². The average Bonchev–Trinajstić information content (AvgIpc) is 2.59. The number of carbonyl (C=O) groups excluding carboxylic acids is 1. The lowest BCUT2D eigenvalue weighted by Gasteiger charge is -2.28. The van der Waals surface area contributed by atoms with E-state index in [0.29, 0.717) is 19.3 Å². The third-order valence-corrected chi connectivity index (χ3v) is 3.65. The predicted molar refractivity (Wildman–Crippen MR) is 66.9 cm³/mol. The Labute approximate surface area is 108 Å². The monoisotopic (exact) mass is 257 g/mol. The molecule has 3 N–H and O–H groups in total. The summed E-state index contributed by atoms with van der Waals surface area (Å²) in [5.41, 5.74) is -0.499. The van der Waals surface area contributed by atoms with Gasteiger partial charge in [0, 0.05) is 12.1 Å². The van der Waals surface area contributed by atoms with Gasteiger partial charge in [-0.05, 0) is 39.0 Å². The van der Waals surface area contributed by atoms with Crippen LogP contribution >= 0.6 is 0 Å². The molecule has 0 aromatic rings. The van der Waals surface area contributed by atoms with Crippen molar-refractivity contribution in [2.45, 2.75) is 45.6 Å². The van der Waals surface area contributed by atoms with Crippen molar-refractivity contribution in [1.29, 1.82) is 0 Å². The van der Waals surface area contributed by atoms with Crippen LogP contribution in [0.4, 0.5) is 0 Å². The molecule has 18 heavy (non-hydrogen) atoms. The zero-order valence-corrected chi connectivity index (χ0v) is 11.3. The van der Waals surface area contributed by atoms with E-state index in [1.54, 1.807) is 0 Å². The number of hydrogen-bond acceptors (Lipinski definition) is 3. The minimum absolute atomic E-state index is 0.00327. The lowest BCUT2D eigenvalue weighted by atomic mass is 9.93. The van der Waals surface area contributed by atoms with Gasteiger partial charge in [-0.1, -0.05) is 6.92 Å². The lowest BCUT2D eigenvalue weighted by Crippen LogP contribution is -2.48. The van der Waals surface area contributed by atoms with Gasteiger partial charge >= 0.3 is 5.97 Å². The fourth-order valence-corrected chi connectivity index (χ4v) is 2.62. The van der Waals surface area contributed by atoms with Crippen LogP contribution in [-0.2, 0) is 9.59 Å². The smallest absolute Gasteiger partial charge is 0.307 e. The van der Waals surface area contributed by atoms with Gasteiger partial charge in [0.15, 0.2) is 0 Å². The fraction of sp³-hybridized carbons (Fsp3) is 0.846. The molecule has 0 aromatic carbocycles. The molecule has 0 saturated heterocycles. The van der Waals surface area contributed by atoms with E-state index >= 15 is 0 Å². The van der Waals surface area contributed by atoms with Crippen molar-refractivity contribution in [1.82, 2.24) is 5.32 Å². The minimum Gasteiger partial charge on any atom is -0.481 e. The first-order chi connectivity index (χ1) is 8.26. The highest BCUT2D eigenvalue weighted by Gasteiger charge is 2.42. The summed E-state index contributed by atoms with van der Waals surface area (Å²) in [6.45, 7) is 5.63. The van der Waals surface area contributed by atoms with E-state index in [1.807, 2.05) is 20.8 Å². The summed E-state index contributed by atoms with van der Waals surface area (Å²) in [6.07, 6.45) is 1.64. The Bertz CT molecular complexity index is 327. The number of aliphatic hydroxyl groups excluding tert-OH is 1. The van der Waals surface area contributed by atoms with Crippen molar-refractivity contribution in [2.75, 3.05) is 6.61 Å². The number of hydrogen-bond donors (Lipinski definition) is 3. The first-order valence-electron chi connectivity index (χ1n) is 6.42. The van der Waals surface area contributed by atoms with Gasteiger partial charge in [0.1, 0.15) is 0 Å².